The van der Waals surface area contributed by atoms with Crippen molar-refractivity contribution in [1.82, 2.24) is 25.6 Å². The summed E-state index contributed by atoms with van der Waals surface area (Å²) in [5, 5.41) is 24.7. The molecule has 1 heterocycles. The minimum Gasteiger partial charge on any atom is -0.367 e. The van der Waals surface area contributed by atoms with Crippen molar-refractivity contribution in [3.63, 3.8) is 0 Å². The average Bonchev–Trinajstić information content (AvgIpc) is 2.90. The fourth-order valence-corrected chi connectivity index (χ4v) is 1.53. The molecule has 0 atom stereocenters. The number of hydrogen-bond donors (Lipinski definition) is 2. The molecule has 0 aliphatic rings. The summed E-state index contributed by atoms with van der Waals surface area (Å²) in [5.74, 6) is -0.438. The van der Waals surface area contributed by atoms with Gasteiger partial charge in [0.25, 0.3) is 11.6 Å². The monoisotopic (exact) mass is 304 g/mol. The highest BCUT2D eigenvalue weighted by molar-refractivity contribution is 5.99. The molecular formula is C11H12N8O3. The first kappa shape index (κ1) is 15.0. The number of rotatable bonds is 5. The molecule has 0 fully saturated rings. The molecular weight excluding hydrogens is 292 g/mol. The Kier molecular flexibility index (Phi) is 4.36. The number of nitrogens with zero attached hydrogens (tertiary/aromatic N) is 6. The van der Waals surface area contributed by atoms with Crippen molar-refractivity contribution in [2.75, 3.05) is 5.73 Å². The summed E-state index contributed by atoms with van der Waals surface area (Å²) >= 11 is 0. The summed E-state index contributed by atoms with van der Waals surface area (Å²) in [5.41, 5.74) is 8.88. The zero-order valence-electron chi connectivity index (χ0n) is 11.5. The van der Waals surface area contributed by atoms with Gasteiger partial charge in [0.15, 0.2) is 0 Å². The van der Waals surface area contributed by atoms with E-state index in [9.17, 15) is 14.9 Å². The lowest BCUT2D eigenvalue weighted by molar-refractivity contribution is -0.384. The van der Waals surface area contributed by atoms with Crippen molar-refractivity contribution in [2.24, 2.45) is 5.10 Å². The van der Waals surface area contributed by atoms with Crippen LogP contribution >= 0.6 is 0 Å². The van der Waals surface area contributed by atoms with Crippen molar-refractivity contribution in [2.45, 2.75) is 13.5 Å². The molecule has 1 aromatic carbocycles. The third-order valence-electron chi connectivity index (χ3n) is 2.70. The Morgan fingerprint density at radius 2 is 2.14 bits per heavy atom. The lowest BCUT2D eigenvalue weighted by Crippen LogP contribution is -2.25. The summed E-state index contributed by atoms with van der Waals surface area (Å²) in [6, 6.07) is 5.81. The zero-order valence-corrected chi connectivity index (χ0v) is 11.5. The van der Waals surface area contributed by atoms with Crippen LogP contribution in [0.2, 0.25) is 0 Å². The molecule has 114 valence electrons. The maximum atomic E-state index is 11.7. The van der Waals surface area contributed by atoms with Crippen LogP contribution in [0.5, 0.6) is 0 Å². The lowest BCUT2D eigenvalue weighted by atomic mass is 10.1. The van der Waals surface area contributed by atoms with Crippen LogP contribution in [0.1, 0.15) is 12.5 Å². The van der Waals surface area contributed by atoms with Crippen LogP contribution in [-0.4, -0.2) is 36.7 Å². The summed E-state index contributed by atoms with van der Waals surface area (Å²) in [6.07, 6.45) is 0. The first-order chi connectivity index (χ1) is 10.5. The standard InChI is InChI=1S/C11H12N8O3/c1-7(8-2-4-9(5-3-8)19(21)22)13-14-10(20)6-18-11(12)15-16-17-18/h2-5H,6H2,1H3,(H,14,20)(H2,12,15,17). The Balaban J connectivity index is 1.98. The zero-order chi connectivity index (χ0) is 16.1. The highest BCUT2D eigenvalue weighted by Crippen LogP contribution is 2.12. The SMILES string of the molecule is CC(=NNC(=O)Cn1nnnc1N)c1ccc([N+](=O)[O-])cc1. The van der Waals surface area contributed by atoms with Crippen LogP contribution in [0.3, 0.4) is 0 Å². The van der Waals surface area contributed by atoms with Crippen LogP contribution < -0.4 is 11.2 Å². The van der Waals surface area contributed by atoms with Gasteiger partial charge < -0.3 is 5.73 Å². The topological polar surface area (TPSA) is 154 Å². The normalized spacial score (nSPS) is 11.2. The molecule has 1 amide bonds. The van der Waals surface area contributed by atoms with Crippen LogP contribution in [0.25, 0.3) is 0 Å². The number of nitrogens with two attached hydrogens (primary N) is 1. The van der Waals surface area contributed by atoms with Gasteiger partial charge in [-0.3, -0.25) is 14.9 Å². The minimum atomic E-state index is -0.491. The van der Waals surface area contributed by atoms with Gasteiger partial charge in [0.2, 0.25) is 5.95 Å². The molecule has 0 aliphatic heterocycles. The number of amides is 1. The van der Waals surface area contributed by atoms with Crippen molar-refractivity contribution in [3.05, 3.63) is 39.9 Å². The molecule has 1 aromatic heterocycles. The van der Waals surface area contributed by atoms with Gasteiger partial charge in [-0.15, -0.1) is 0 Å². The fraction of sp³-hybridized carbons (Fsp3) is 0.182. The number of anilines is 1. The van der Waals surface area contributed by atoms with E-state index < -0.39 is 10.8 Å². The lowest BCUT2D eigenvalue weighted by Gasteiger charge is -2.03. The third-order valence-corrected chi connectivity index (χ3v) is 2.70. The molecule has 0 radical (unpaired) electrons. The van der Waals surface area contributed by atoms with Gasteiger partial charge in [-0.1, -0.05) is 5.10 Å². The molecule has 3 N–H and O–H groups in total. The number of hydrogen-bond acceptors (Lipinski definition) is 8. The molecule has 0 bridgehead atoms. The molecule has 0 unspecified atom stereocenters. The number of non-ortho nitro benzene ring substituents is 1. The van der Waals surface area contributed by atoms with E-state index in [4.69, 9.17) is 5.73 Å². The molecule has 2 aromatic rings. The Morgan fingerprint density at radius 1 is 1.45 bits per heavy atom. The van der Waals surface area contributed by atoms with Crippen molar-refractivity contribution < 1.29 is 9.72 Å². The number of hydrazone groups is 1. The first-order valence-electron chi connectivity index (χ1n) is 6.07. The van der Waals surface area contributed by atoms with E-state index in [1.807, 2.05) is 0 Å². The predicted molar refractivity (Wildman–Crippen MR) is 75.7 cm³/mol. The van der Waals surface area contributed by atoms with E-state index in [1.165, 1.54) is 12.1 Å². The second-order valence-corrected chi connectivity index (χ2v) is 4.23. The maximum Gasteiger partial charge on any atom is 0.269 e. The molecule has 0 saturated carbocycles. The molecule has 0 saturated heterocycles. The number of nitrogen functional groups attached to an aromatic ring is 1. The number of nitrogens with one attached hydrogen (secondary N) is 1. The Hall–Kier alpha value is -3.37. The van der Waals surface area contributed by atoms with Gasteiger partial charge in [-0.25, -0.2) is 10.1 Å². The second kappa shape index (κ2) is 6.39. The van der Waals surface area contributed by atoms with Crippen molar-refractivity contribution >= 4 is 23.3 Å². The van der Waals surface area contributed by atoms with E-state index in [2.05, 4.69) is 26.1 Å². The second-order valence-electron chi connectivity index (χ2n) is 4.23. The van der Waals surface area contributed by atoms with Gasteiger partial charge in [-0.05, 0) is 35.0 Å². The van der Waals surface area contributed by atoms with Gasteiger partial charge in [0.05, 0.1) is 10.6 Å². The predicted octanol–water partition coefficient (Wildman–Crippen LogP) is -0.296. The van der Waals surface area contributed by atoms with Crippen molar-refractivity contribution in [1.29, 1.82) is 0 Å². The Morgan fingerprint density at radius 3 is 2.68 bits per heavy atom. The summed E-state index contributed by atoms with van der Waals surface area (Å²) in [4.78, 5) is 21.7. The van der Waals surface area contributed by atoms with Gasteiger partial charge >= 0.3 is 0 Å². The largest absolute Gasteiger partial charge is 0.367 e. The number of carbonyl (C=O) groups excluding carboxylic acids is 1. The van der Waals surface area contributed by atoms with Gasteiger partial charge in [-0.2, -0.15) is 5.10 Å². The van der Waals surface area contributed by atoms with E-state index in [0.29, 0.717) is 11.3 Å². The van der Waals surface area contributed by atoms with E-state index >= 15 is 0 Å². The molecule has 11 nitrogen and oxygen atoms in total. The number of benzene rings is 1. The van der Waals surface area contributed by atoms with Crippen LogP contribution in [0.4, 0.5) is 11.6 Å². The van der Waals surface area contributed by atoms with Crippen LogP contribution in [0, 0.1) is 10.1 Å². The summed E-state index contributed by atoms with van der Waals surface area (Å²) in [7, 11) is 0. The number of tetrazole rings is 1. The Labute approximate surface area is 124 Å². The van der Waals surface area contributed by atoms with E-state index in [0.717, 1.165) is 4.68 Å². The number of aromatic nitrogens is 4. The summed E-state index contributed by atoms with van der Waals surface area (Å²) < 4.78 is 1.12. The average molecular weight is 304 g/mol. The summed E-state index contributed by atoms with van der Waals surface area (Å²) in [6.45, 7) is 1.49. The third kappa shape index (κ3) is 3.59. The number of nitro groups is 1. The molecule has 2 rings (SSSR count). The highest BCUT2D eigenvalue weighted by atomic mass is 16.6. The number of nitro benzene ring substituents is 1. The number of carbonyl (C=O) groups is 1. The molecule has 0 aliphatic carbocycles. The van der Waals surface area contributed by atoms with E-state index in [1.54, 1.807) is 19.1 Å². The van der Waals surface area contributed by atoms with Crippen molar-refractivity contribution in [3.8, 4) is 0 Å². The Bertz CT molecular complexity index is 721. The molecule has 0 spiro atoms. The molecule has 22 heavy (non-hydrogen) atoms. The quantitative estimate of drug-likeness (QED) is 0.436. The van der Waals surface area contributed by atoms with Gasteiger partial charge in [0.1, 0.15) is 6.54 Å². The molecule has 11 heteroatoms. The van der Waals surface area contributed by atoms with Gasteiger partial charge in [0, 0.05) is 12.1 Å². The maximum absolute atomic E-state index is 11.7. The fourth-order valence-electron chi connectivity index (χ4n) is 1.53. The van der Waals surface area contributed by atoms with Crippen LogP contribution in [0.15, 0.2) is 29.4 Å². The first-order valence-corrected chi connectivity index (χ1v) is 6.07. The highest BCUT2D eigenvalue weighted by Gasteiger charge is 2.08. The van der Waals surface area contributed by atoms with E-state index in [-0.39, 0.29) is 18.2 Å². The smallest absolute Gasteiger partial charge is 0.269 e. The minimum absolute atomic E-state index is 0.0188. The van der Waals surface area contributed by atoms with Crippen LogP contribution in [-0.2, 0) is 11.3 Å².